The maximum absolute atomic E-state index is 13.0. The van der Waals surface area contributed by atoms with E-state index in [2.05, 4.69) is 21.3 Å². The van der Waals surface area contributed by atoms with Crippen LogP contribution in [0.4, 0.5) is 98.2 Å². The van der Waals surface area contributed by atoms with Crippen molar-refractivity contribution < 1.29 is 76.6 Å². The van der Waals surface area contributed by atoms with Crippen molar-refractivity contribution in [2.75, 3.05) is 51.3 Å². The molecule has 0 aromatic heterocycles. The van der Waals surface area contributed by atoms with Crippen molar-refractivity contribution in [3.05, 3.63) is 231 Å². The molecule has 12 N–H and O–H groups in total. The van der Waals surface area contributed by atoms with Crippen LogP contribution in [0.5, 0.6) is 5.75 Å². The van der Waals surface area contributed by atoms with Crippen molar-refractivity contribution in [3.63, 3.8) is 0 Å². The van der Waals surface area contributed by atoms with Crippen LogP contribution in [0, 0.1) is 13.8 Å². The molecule has 8 aromatic rings. The van der Waals surface area contributed by atoms with Crippen LogP contribution in [0.15, 0.2) is 170 Å². The Kier molecular flexibility index (Phi) is 21.6. The maximum atomic E-state index is 13.0. The van der Waals surface area contributed by atoms with Gasteiger partial charge in [0.25, 0.3) is 23.6 Å². The zero-order chi connectivity index (χ0) is 63.2. The van der Waals surface area contributed by atoms with Gasteiger partial charge in [-0.15, -0.1) is 0 Å². The van der Waals surface area contributed by atoms with Crippen LogP contribution in [0.1, 0.15) is 74.8 Å². The van der Waals surface area contributed by atoms with Crippen molar-refractivity contribution in [2.45, 2.75) is 38.6 Å². The number of alkyl halides is 12. The second kappa shape index (κ2) is 27.9. The van der Waals surface area contributed by atoms with Crippen molar-refractivity contribution in [1.82, 2.24) is 0 Å². The van der Waals surface area contributed by atoms with E-state index in [1.165, 1.54) is 84.9 Å². The summed E-state index contributed by atoms with van der Waals surface area (Å²) in [5.74, 6) is -2.46. The standard InChI is InChI=1S/C16H15F3N2O2.C15H13F3N2O.C14H10ClF3N2O.C14H11F3N2O/c1-9-3-4-10(7-13(9)20)15(22)21-11-5-6-14(23-2)12(8-11)16(17,18)19;1-9-5-6-10(7-13(9)19)14(21)20-12-4-2-3-11(8-12)15(16,17)18;15-11-5-4-8(6-12(11)19)13(21)20-10-3-1-2-9(7-10)14(16,17)18;15-14(16,17)10-4-2-6-12(8-10)19-13(20)9-3-1-5-11(18)7-9/h3-8H,20H2,1-2H3,(H,21,22);2-8H,19H2,1H3,(H,20,21);1-7H,19H2,(H,20,21);1-8H,18H2,(H,19,20). The van der Waals surface area contributed by atoms with Gasteiger partial charge in [-0.05, 0) is 158 Å². The maximum Gasteiger partial charge on any atom is 0.420 e. The highest BCUT2D eigenvalue weighted by molar-refractivity contribution is 6.33. The normalized spacial score (nSPS) is 11.2. The quantitative estimate of drug-likeness (QED) is 0.0507. The largest absolute Gasteiger partial charge is 0.496 e. The lowest BCUT2D eigenvalue weighted by molar-refractivity contribution is -0.139. The third-order valence-electron chi connectivity index (χ3n) is 11.6. The van der Waals surface area contributed by atoms with Crippen LogP contribution >= 0.6 is 11.6 Å². The van der Waals surface area contributed by atoms with Gasteiger partial charge in [0.05, 0.1) is 40.1 Å². The van der Waals surface area contributed by atoms with Gasteiger partial charge in [-0.1, -0.05) is 48.0 Å². The van der Waals surface area contributed by atoms with Gasteiger partial charge in [0.1, 0.15) is 5.75 Å². The number of methoxy groups -OCH3 is 1. The number of ether oxygens (including phenoxy) is 1. The molecule has 0 unspecified atom stereocenters. The highest BCUT2D eigenvalue weighted by Gasteiger charge is 2.35. The lowest BCUT2D eigenvalue weighted by Crippen LogP contribution is -2.14. The average molecular weight is 1210 g/mol. The molecule has 0 heterocycles. The molecule has 26 heteroatoms. The molecule has 0 radical (unpaired) electrons. The monoisotopic (exact) mass is 1210 g/mol. The molecule has 0 atom stereocenters. The lowest BCUT2D eigenvalue weighted by Gasteiger charge is -2.14. The minimum Gasteiger partial charge on any atom is -0.496 e. The smallest absolute Gasteiger partial charge is 0.420 e. The van der Waals surface area contributed by atoms with Gasteiger partial charge >= 0.3 is 24.7 Å². The Morgan fingerprint density at radius 3 is 1.06 bits per heavy atom. The SMILES string of the molecule is COc1ccc(NC(=O)c2ccc(C)c(N)c2)cc1C(F)(F)F.Cc1ccc(C(=O)Nc2cccc(C(F)(F)F)c2)cc1N.Nc1cc(C(=O)Nc2cccc(C(F)(F)F)c2)ccc1Cl.Nc1cccc(C(=O)Nc2cccc(C(F)(F)F)c2)c1. The Morgan fingerprint density at radius 1 is 0.388 bits per heavy atom. The first-order valence-corrected chi connectivity index (χ1v) is 24.7. The first-order valence-electron chi connectivity index (χ1n) is 24.3. The number of halogens is 13. The Bertz CT molecular complexity index is 3590. The molecular weight excluding hydrogens is 1160 g/mol. The number of nitrogens with one attached hydrogen (secondary N) is 4. The summed E-state index contributed by atoms with van der Waals surface area (Å²) in [7, 11) is 1.15. The Balaban J connectivity index is 0.000000207. The predicted molar refractivity (Wildman–Crippen MR) is 302 cm³/mol. The van der Waals surface area contributed by atoms with Crippen LogP contribution in [0.25, 0.3) is 0 Å². The van der Waals surface area contributed by atoms with Crippen molar-refractivity contribution >= 4 is 80.7 Å². The number of anilines is 8. The van der Waals surface area contributed by atoms with E-state index >= 15 is 0 Å². The number of aryl methyl sites for hydroxylation is 2. The number of carbonyl (C=O) groups excluding carboxylic acids is 4. The van der Waals surface area contributed by atoms with E-state index in [1.54, 1.807) is 50.2 Å². The summed E-state index contributed by atoms with van der Waals surface area (Å²) in [6, 6.07) is 36.4. The molecule has 0 aliphatic heterocycles. The van der Waals surface area contributed by atoms with E-state index in [9.17, 15) is 71.9 Å². The molecule has 4 amide bonds. The molecule has 8 aromatic carbocycles. The summed E-state index contributed by atoms with van der Waals surface area (Å²) in [5.41, 5.74) is 23.5. The zero-order valence-electron chi connectivity index (χ0n) is 44.4. The summed E-state index contributed by atoms with van der Waals surface area (Å²) in [6.07, 6.45) is -17.9. The number of benzene rings is 8. The fourth-order valence-electron chi connectivity index (χ4n) is 7.07. The van der Waals surface area contributed by atoms with E-state index in [-0.39, 0.29) is 56.4 Å². The molecule has 0 saturated carbocycles. The van der Waals surface area contributed by atoms with Gasteiger partial charge in [-0.3, -0.25) is 19.2 Å². The van der Waals surface area contributed by atoms with Gasteiger partial charge in [0.15, 0.2) is 0 Å². The second-order valence-electron chi connectivity index (χ2n) is 18.0. The van der Waals surface area contributed by atoms with E-state index < -0.39 is 70.6 Å². The molecule has 0 fully saturated rings. The summed E-state index contributed by atoms with van der Waals surface area (Å²) in [6.45, 7) is 3.58. The van der Waals surface area contributed by atoms with Gasteiger partial charge < -0.3 is 48.9 Å². The van der Waals surface area contributed by atoms with Gasteiger partial charge in [-0.25, -0.2) is 0 Å². The molecule has 0 aliphatic carbocycles. The number of rotatable bonds is 9. The summed E-state index contributed by atoms with van der Waals surface area (Å²) < 4.78 is 157. The highest BCUT2D eigenvalue weighted by atomic mass is 35.5. The first-order chi connectivity index (χ1) is 39.6. The van der Waals surface area contributed by atoms with Crippen LogP contribution in [0.3, 0.4) is 0 Å². The highest BCUT2D eigenvalue weighted by Crippen LogP contribution is 2.38. The molecular formula is C59H49ClF12N8O5. The summed E-state index contributed by atoms with van der Waals surface area (Å²) >= 11 is 5.73. The van der Waals surface area contributed by atoms with E-state index in [0.717, 1.165) is 66.8 Å². The number of hydrogen-bond donors (Lipinski definition) is 8. The van der Waals surface area contributed by atoms with Gasteiger partial charge in [-0.2, -0.15) is 52.7 Å². The molecule has 0 bridgehead atoms. The number of carbonyl (C=O) groups is 4. The summed E-state index contributed by atoms with van der Waals surface area (Å²) in [4.78, 5) is 47.9. The number of nitrogens with two attached hydrogens (primary N) is 4. The third kappa shape index (κ3) is 19.6. The van der Waals surface area contributed by atoms with E-state index in [0.29, 0.717) is 22.1 Å². The van der Waals surface area contributed by atoms with Crippen molar-refractivity contribution in [1.29, 1.82) is 0 Å². The topological polar surface area (TPSA) is 230 Å². The van der Waals surface area contributed by atoms with E-state index in [4.69, 9.17) is 39.3 Å². The third-order valence-corrected chi connectivity index (χ3v) is 11.9. The van der Waals surface area contributed by atoms with Crippen LogP contribution in [0.2, 0.25) is 5.02 Å². The molecule has 13 nitrogen and oxygen atoms in total. The molecule has 85 heavy (non-hydrogen) atoms. The first kappa shape index (κ1) is 65.9. The van der Waals surface area contributed by atoms with Crippen LogP contribution in [-0.2, 0) is 24.7 Å². The Hall–Kier alpha value is -9.91. The number of nitrogen functional groups attached to an aromatic ring is 4. The van der Waals surface area contributed by atoms with Gasteiger partial charge in [0.2, 0.25) is 0 Å². The molecule has 8 rings (SSSR count). The second-order valence-corrected chi connectivity index (χ2v) is 18.4. The Labute approximate surface area is 481 Å². The van der Waals surface area contributed by atoms with Crippen molar-refractivity contribution in [2.24, 2.45) is 0 Å². The molecule has 0 spiro atoms. The number of amides is 4. The van der Waals surface area contributed by atoms with Gasteiger partial charge in [0, 0.05) is 62.1 Å². The Morgan fingerprint density at radius 2 is 0.729 bits per heavy atom. The van der Waals surface area contributed by atoms with E-state index in [1.807, 2.05) is 0 Å². The minimum absolute atomic E-state index is 0.0160. The number of hydrogen-bond acceptors (Lipinski definition) is 9. The average Bonchev–Trinajstić information content (AvgIpc) is 3.44. The van der Waals surface area contributed by atoms with Crippen molar-refractivity contribution in [3.8, 4) is 5.75 Å². The minimum atomic E-state index is -4.58. The predicted octanol–water partition coefficient (Wildman–Crippen LogP) is 15.4. The molecule has 446 valence electrons. The fraction of sp³-hybridized carbons (Fsp3) is 0.119. The fourth-order valence-corrected chi connectivity index (χ4v) is 7.19. The van der Waals surface area contributed by atoms with Crippen LogP contribution < -0.4 is 48.9 Å². The lowest BCUT2D eigenvalue weighted by atomic mass is 10.1. The molecule has 0 aliphatic rings. The molecule has 0 saturated heterocycles. The van der Waals surface area contributed by atoms with Crippen LogP contribution in [-0.4, -0.2) is 30.7 Å². The zero-order valence-corrected chi connectivity index (χ0v) is 45.2. The summed E-state index contributed by atoms with van der Waals surface area (Å²) in [5, 5.41) is 9.92.